The lowest BCUT2D eigenvalue weighted by Gasteiger charge is -2.36. The average Bonchev–Trinajstić information content (AvgIpc) is 3.58. The summed E-state index contributed by atoms with van der Waals surface area (Å²) in [6.45, 7) is 2.76. The van der Waals surface area contributed by atoms with Crippen molar-refractivity contribution < 1.29 is 55.8 Å². The summed E-state index contributed by atoms with van der Waals surface area (Å²) in [6.07, 6.45) is 0.879. The van der Waals surface area contributed by atoms with Crippen LogP contribution in [0.4, 0.5) is 11.5 Å². The lowest BCUT2D eigenvalue weighted by Crippen LogP contribution is -2.32. The second kappa shape index (κ2) is 12.7. The van der Waals surface area contributed by atoms with Crippen molar-refractivity contribution in [2.24, 2.45) is 4.99 Å². The molecule has 2 aliphatic heterocycles. The fourth-order valence-electron chi connectivity index (χ4n) is 5.35. The van der Waals surface area contributed by atoms with E-state index < -0.39 is 60.1 Å². The monoisotopic (exact) mass is 763 g/mol. The summed E-state index contributed by atoms with van der Waals surface area (Å²) in [5.74, 6) is -0.693. The number of aromatic nitrogens is 4. The maximum Gasteiger partial charge on any atom is 0.720 e. The van der Waals surface area contributed by atoms with Crippen LogP contribution in [0.25, 0.3) is 11.2 Å². The molecule has 0 saturated carbocycles. The number of phosphoric acid groups is 2. The van der Waals surface area contributed by atoms with Gasteiger partial charge in [-0.2, -0.15) is 0 Å². The average molecular weight is 764 g/mol. The standard InChI is InChI=1S/C25H23Cl2N6O12P3/c1-25(2)12-5-11(3-4-14(12)32-15-6-13(26)22(35)20(27)19(15)25)43-48(39,40)45-46(36)44-47(37,38)41-8-17-16(34)7-18(42-17)33-10-31-21-23(28)29-9-30-24(21)33/h3-6,9-10,16-18,34H,7-8H2,1-2H3,(H3-,28,29,30,37,38,39,40)/p+1. The Balaban J connectivity index is 1.07. The Labute approximate surface area is 281 Å². The summed E-state index contributed by atoms with van der Waals surface area (Å²) in [4.78, 5) is 49.2. The second-order valence-corrected chi connectivity index (χ2v) is 15.9. The summed E-state index contributed by atoms with van der Waals surface area (Å²) < 4.78 is 63.3. The number of nitrogen functional groups attached to an aromatic ring is 1. The number of carbonyl (C=O) groups excluding carboxylic acids is 1. The van der Waals surface area contributed by atoms with Crippen molar-refractivity contribution in [1.82, 2.24) is 19.5 Å². The van der Waals surface area contributed by atoms with Gasteiger partial charge in [-0.1, -0.05) is 37.0 Å². The predicted molar refractivity (Wildman–Crippen MR) is 169 cm³/mol. The molecule has 6 atom stereocenters. The van der Waals surface area contributed by atoms with Crippen molar-refractivity contribution >= 4 is 81.3 Å². The maximum absolute atomic E-state index is 12.7. The van der Waals surface area contributed by atoms with Crippen molar-refractivity contribution in [2.45, 2.75) is 44.1 Å². The lowest BCUT2D eigenvalue weighted by atomic mass is 9.71. The van der Waals surface area contributed by atoms with E-state index in [2.05, 4.69) is 28.6 Å². The van der Waals surface area contributed by atoms with Crippen LogP contribution in [-0.4, -0.2) is 64.7 Å². The molecule has 0 spiro atoms. The number of benzene rings is 1. The Kier molecular flexibility index (Phi) is 9.26. The number of nitrogens with two attached hydrogens (primary N) is 1. The minimum absolute atomic E-state index is 0.0178. The van der Waals surface area contributed by atoms with Crippen molar-refractivity contribution in [3.63, 3.8) is 0 Å². The van der Waals surface area contributed by atoms with Crippen LogP contribution >= 0.6 is 47.1 Å². The molecule has 0 bridgehead atoms. The summed E-state index contributed by atoms with van der Waals surface area (Å²) in [5.41, 5.74) is 7.10. The van der Waals surface area contributed by atoms with Gasteiger partial charge in [0.15, 0.2) is 11.5 Å². The van der Waals surface area contributed by atoms with Crippen LogP contribution in [0.15, 0.2) is 57.6 Å². The molecule has 3 aliphatic rings. The molecular formula is C25H24Cl2N6O12P3+. The highest BCUT2D eigenvalue weighted by atomic mass is 35.5. The number of hydrogen-bond donors (Lipinski definition) is 4. The molecule has 6 rings (SSSR count). The fourth-order valence-corrected chi connectivity index (χ4v) is 8.80. The van der Waals surface area contributed by atoms with E-state index in [1.807, 2.05) is 0 Å². The molecule has 254 valence electrons. The number of aliphatic hydroxyl groups is 1. The number of allylic oxidation sites excluding steroid dienone is 4. The van der Waals surface area contributed by atoms with Gasteiger partial charge < -0.3 is 20.1 Å². The van der Waals surface area contributed by atoms with E-state index in [-0.39, 0.29) is 28.1 Å². The van der Waals surface area contributed by atoms with E-state index in [1.54, 1.807) is 13.8 Å². The normalized spacial score (nSPS) is 24.7. The number of fused-ring (bicyclic) bond motifs is 3. The molecule has 1 aromatic carbocycles. The Morgan fingerprint density at radius 1 is 1.17 bits per heavy atom. The van der Waals surface area contributed by atoms with E-state index in [0.29, 0.717) is 33.7 Å². The van der Waals surface area contributed by atoms with Crippen molar-refractivity contribution in [2.75, 3.05) is 12.3 Å². The van der Waals surface area contributed by atoms with Crippen LogP contribution in [0.2, 0.25) is 0 Å². The molecular weight excluding hydrogens is 740 g/mol. The number of ether oxygens (including phenoxy) is 1. The summed E-state index contributed by atoms with van der Waals surface area (Å²) in [5, 5.41) is 10.2. The number of carbonyl (C=O) groups is 1. The van der Waals surface area contributed by atoms with Gasteiger partial charge in [-0.05, 0) is 34.1 Å². The van der Waals surface area contributed by atoms with Gasteiger partial charge in [0.05, 0.1) is 40.5 Å². The molecule has 0 amide bonds. The smallest absolute Gasteiger partial charge is 0.402 e. The Morgan fingerprint density at radius 3 is 2.65 bits per heavy atom. The van der Waals surface area contributed by atoms with Crippen LogP contribution < -0.4 is 10.3 Å². The van der Waals surface area contributed by atoms with Crippen LogP contribution in [-0.2, 0) is 41.8 Å². The zero-order chi connectivity index (χ0) is 34.8. The first kappa shape index (κ1) is 34.9. The summed E-state index contributed by atoms with van der Waals surface area (Å²) in [6, 6.07) is 4.06. The van der Waals surface area contributed by atoms with Crippen LogP contribution in [0.1, 0.15) is 32.1 Å². The zero-order valence-corrected chi connectivity index (χ0v) is 28.7. The number of halogens is 2. The van der Waals surface area contributed by atoms with Gasteiger partial charge >= 0.3 is 23.9 Å². The molecule has 3 aromatic rings. The van der Waals surface area contributed by atoms with Crippen molar-refractivity contribution in [1.29, 1.82) is 0 Å². The molecule has 2 aromatic heterocycles. The van der Waals surface area contributed by atoms with Crippen LogP contribution in [0, 0.1) is 0 Å². The van der Waals surface area contributed by atoms with Crippen LogP contribution in [0.3, 0.4) is 0 Å². The number of ketones is 1. The van der Waals surface area contributed by atoms with Gasteiger partial charge in [-0.3, -0.25) is 23.7 Å². The fraction of sp³-hybridized carbons (Fsp3) is 0.320. The quantitative estimate of drug-likeness (QED) is 0.162. The molecule has 0 radical (unpaired) electrons. The number of Topliss-reactive ketones (excluding diaryl/α,β-unsaturated/α-hetero) is 1. The minimum atomic E-state index is -5.25. The van der Waals surface area contributed by atoms with Gasteiger partial charge in [0.1, 0.15) is 29.9 Å². The first-order chi connectivity index (χ1) is 22.5. The number of aliphatic hydroxyl groups excluding tert-OH is 1. The van der Waals surface area contributed by atoms with Crippen molar-refractivity contribution in [3.8, 4) is 5.75 Å². The first-order valence-electron chi connectivity index (χ1n) is 13.6. The number of imidazole rings is 1. The van der Waals surface area contributed by atoms with E-state index >= 15 is 0 Å². The molecule has 5 N–H and O–H groups in total. The largest absolute Gasteiger partial charge is 0.720 e. The zero-order valence-electron chi connectivity index (χ0n) is 24.5. The summed E-state index contributed by atoms with van der Waals surface area (Å²) in [7, 11) is -14.2. The second-order valence-electron chi connectivity index (χ2n) is 11.0. The van der Waals surface area contributed by atoms with E-state index in [0.717, 1.165) is 0 Å². The molecule has 48 heavy (non-hydrogen) atoms. The molecule has 6 unspecified atom stereocenters. The van der Waals surface area contributed by atoms with Gasteiger partial charge in [0.25, 0.3) is 0 Å². The topological polar surface area (TPSA) is 257 Å². The maximum atomic E-state index is 12.7. The molecule has 1 saturated heterocycles. The van der Waals surface area contributed by atoms with Gasteiger partial charge in [0, 0.05) is 26.3 Å². The highest BCUT2D eigenvalue weighted by Gasteiger charge is 2.47. The SMILES string of the molecule is CC1(C)C2=C(Cl)C(=O)C(Cl)=CC2=Nc2ccc(OP(=O)(O)O[P+](=O)OP(=O)(O)OCC3OC(n4cnc5c(N)ncnc54)CC3O)cc21. The third kappa shape index (κ3) is 6.77. The summed E-state index contributed by atoms with van der Waals surface area (Å²) >= 11 is 12.3. The van der Waals surface area contributed by atoms with E-state index in [1.165, 1.54) is 41.5 Å². The number of hydrogen-bond acceptors (Lipinski definition) is 15. The third-order valence-electron chi connectivity index (χ3n) is 7.53. The number of aliphatic imine (C=N–C) groups is 1. The molecule has 1 fully saturated rings. The molecule has 18 nitrogen and oxygen atoms in total. The Morgan fingerprint density at radius 2 is 1.90 bits per heavy atom. The highest BCUT2D eigenvalue weighted by Crippen LogP contribution is 2.60. The number of anilines is 1. The lowest BCUT2D eigenvalue weighted by molar-refractivity contribution is -0.111. The number of rotatable bonds is 10. The first-order valence-corrected chi connectivity index (χ1v) is 18.5. The number of nitrogens with zero attached hydrogens (tertiary/aromatic N) is 5. The van der Waals surface area contributed by atoms with E-state index in [4.69, 9.17) is 42.7 Å². The molecule has 23 heteroatoms. The number of phosphoric ester groups is 2. The van der Waals surface area contributed by atoms with Gasteiger partial charge in [0.2, 0.25) is 5.78 Å². The van der Waals surface area contributed by atoms with Crippen LogP contribution in [0.5, 0.6) is 5.75 Å². The minimum Gasteiger partial charge on any atom is -0.402 e. The Hall–Kier alpha value is -2.95. The predicted octanol–water partition coefficient (Wildman–Crippen LogP) is 4.61. The van der Waals surface area contributed by atoms with E-state index in [9.17, 15) is 33.4 Å². The van der Waals surface area contributed by atoms with Crippen molar-refractivity contribution in [3.05, 3.63) is 58.1 Å². The van der Waals surface area contributed by atoms with Gasteiger partial charge in [-0.15, -0.1) is 0 Å². The molecule has 4 heterocycles. The van der Waals surface area contributed by atoms with Gasteiger partial charge in [-0.25, -0.2) is 29.1 Å². The highest BCUT2D eigenvalue weighted by molar-refractivity contribution is 7.61. The third-order valence-corrected chi connectivity index (χ3v) is 11.8. The molecule has 1 aliphatic carbocycles. The Bertz CT molecular complexity index is 2070.